The number of benzene rings is 2. The monoisotopic (exact) mass is 432 g/mol. The molecule has 0 radical (unpaired) electrons. The third-order valence-electron chi connectivity index (χ3n) is 7.04. The van der Waals surface area contributed by atoms with Crippen molar-refractivity contribution in [3.05, 3.63) is 59.7 Å². The van der Waals surface area contributed by atoms with Gasteiger partial charge in [-0.2, -0.15) is 0 Å². The maximum absolute atomic E-state index is 13.0. The quantitative estimate of drug-likeness (QED) is 0.769. The van der Waals surface area contributed by atoms with Gasteiger partial charge in [0.25, 0.3) is 5.91 Å². The number of hydrogen-bond donors (Lipinski definition) is 2. The van der Waals surface area contributed by atoms with Crippen LogP contribution in [0, 0.1) is 6.92 Å². The average molecular weight is 433 g/mol. The molecule has 3 aliphatic rings. The number of nitrogens with one attached hydrogen (secondary N) is 2. The molecule has 2 fully saturated rings. The number of rotatable bonds is 4. The van der Waals surface area contributed by atoms with Gasteiger partial charge in [0.2, 0.25) is 0 Å². The first-order chi connectivity index (χ1) is 15.6. The van der Waals surface area contributed by atoms with E-state index < -0.39 is 0 Å². The lowest BCUT2D eigenvalue weighted by Gasteiger charge is -2.31. The Balaban J connectivity index is 1.34. The number of carbonyl (C=O) groups excluding carboxylic acids is 1. The van der Waals surface area contributed by atoms with E-state index in [1.54, 1.807) is 0 Å². The van der Waals surface area contributed by atoms with Crippen LogP contribution in [0.25, 0.3) is 0 Å². The van der Waals surface area contributed by atoms with Crippen molar-refractivity contribution in [2.75, 3.05) is 25.0 Å². The zero-order chi connectivity index (χ0) is 22.0. The number of carbonyl (C=O) groups is 1. The van der Waals surface area contributed by atoms with E-state index >= 15 is 0 Å². The Morgan fingerprint density at radius 2 is 1.94 bits per heavy atom. The molecule has 2 aromatic rings. The van der Waals surface area contributed by atoms with Crippen LogP contribution in [0.3, 0.4) is 0 Å². The highest BCUT2D eigenvalue weighted by Crippen LogP contribution is 2.31. The van der Waals surface area contributed by atoms with Crippen molar-refractivity contribution in [3.63, 3.8) is 0 Å². The van der Waals surface area contributed by atoms with E-state index in [0.29, 0.717) is 19.1 Å². The van der Waals surface area contributed by atoms with Crippen LogP contribution in [-0.2, 0) is 11.3 Å². The van der Waals surface area contributed by atoms with Crippen LogP contribution in [0.2, 0.25) is 0 Å². The van der Waals surface area contributed by atoms with E-state index in [9.17, 15) is 4.79 Å². The topological polar surface area (TPSA) is 66.0 Å². The summed E-state index contributed by atoms with van der Waals surface area (Å²) in [5.41, 5.74) is 3.04. The largest absolute Gasteiger partial charge is 0.484 e. The lowest BCUT2D eigenvalue weighted by atomic mass is 9.96. The summed E-state index contributed by atoms with van der Waals surface area (Å²) in [6.45, 7) is 4.12. The van der Waals surface area contributed by atoms with E-state index in [1.807, 2.05) is 36.1 Å². The maximum Gasteiger partial charge on any atom is 0.260 e. The Morgan fingerprint density at radius 3 is 2.78 bits per heavy atom. The molecule has 1 atom stereocenters. The smallest absolute Gasteiger partial charge is 0.260 e. The van der Waals surface area contributed by atoms with Crippen molar-refractivity contribution in [2.24, 2.45) is 4.99 Å². The number of fused-ring (bicyclic) bond motifs is 1. The van der Waals surface area contributed by atoms with Crippen molar-refractivity contribution in [3.8, 4) is 5.75 Å². The fourth-order valence-corrected chi connectivity index (χ4v) is 5.07. The molecule has 1 saturated heterocycles. The number of hydrogen-bond acceptors (Lipinski definition) is 4. The second kappa shape index (κ2) is 8.94. The number of aryl methyl sites for hydroxylation is 1. The van der Waals surface area contributed by atoms with Crippen LogP contribution < -0.4 is 15.4 Å². The fourth-order valence-electron chi connectivity index (χ4n) is 5.07. The van der Waals surface area contributed by atoms with Crippen molar-refractivity contribution in [1.29, 1.82) is 0 Å². The van der Waals surface area contributed by atoms with Gasteiger partial charge in [-0.1, -0.05) is 49.2 Å². The maximum atomic E-state index is 13.0. The van der Waals surface area contributed by atoms with Gasteiger partial charge in [-0.05, 0) is 49.4 Å². The molecule has 1 amide bonds. The number of amides is 1. The predicted molar refractivity (Wildman–Crippen MR) is 127 cm³/mol. The van der Waals surface area contributed by atoms with Gasteiger partial charge >= 0.3 is 0 Å². The molecule has 2 heterocycles. The first-order valence-corrected chi connectivity index (χ1v) is 11.8. The van der Waals surface area contributed by atoms with Gasteiger partial charge in [-0.3, -0.25) is 15.1 Å². The number of anilines is 1. The van der Waals surface area contributed by atoms with E-state index in [2.05, 4.69) is 34.9 Å². The second-order valence-electron chi connectivity index (χ2n) is 9.25. The summed E-state index contributed by atoms with van der Waals surface area (Å²) >= 11 is 0. The minimum atomic E-state index is -0.347. The first-order valence-electron chi connectivity index (χ1n) is 11.8. The molecule has 6 nitrogen and oxygen atoms in total. The highest BCUT2D eigenvalue weighted by atomic mass is 16.5. The normalized spacial score (nSPS) is 24.4. The minimum absolute atomic E-state index is 0.0221. The molecule has 0 aromatic heterocycles. The summed E-state index contributed by atoms with van der Waals surface area (Å²) in [5, 5.41) is 7.44. The third kappa shape index (κ3) is 4.24. The van der Waals surface area contributed by atoms with Gasteiger partial charge in [0.1, 0.15) is 11.6 Å². The van der Waals surface area contributed by atoms with Crippen molar-refractivity contribution >= 4 is 17.4 Å². The number of likely N-dealkylation sites (tertiary alicyclic amines) is 1. The molecule has 0 unspecified atom stereocenters. The summed E-state index contributed by atoms with van der Waals surface area (Å²) in [6, 6.07) is 16.6. The molecule has 6 heteroatoms. The Bertz CT molecular complexity index is 1010. The molecule has 1 aliphatic carbocycles. The number of aliphatic imine (C=N–C) groups is 1. The zero-order valence-corrected chi connectivity index (χ0v) is 18.8. The zero-order valence-electron chi connectivity index (χ0n) is 18.8. The summed E-state index contributed by atoms with van der Waals surface area (Å²) < 4.78 is 5.84. The Hall–Kier alpha value is -2.86. The first kappa shape index (κ1) is 21.0. The average Bonchev–Trinajstić information content (AvgIpc) is 3.45. The minimum Gasteiger partial charge on any atom is -0.484 e. The van der Waals surface area contributed by atoms with Crippen LogP contribution in [0.4, 0.5) is 5.69 Å². The van der Waals surface area contributed by atoms with Crippen LogP contribution >= 0.6 is 0 Å². The molecule has 2 N–H and O–H groups in total. The van der Waals surface area contributed by atoms with Crippen LogP contribution in [0.5, 0.6) is 5.75 Å². The molecular formula is C26H32N4O2. The number of amidine groups is 1. The molecule has 168 valence electrons. The molecule has 5 rings (SSSR count). The Kier molecular flexibility index (Phi) is 5.87. The molecule has 0 bridgehead atoms. The Labute approximate surface area is 190 Å². The highest BCUT2D eigenvalue weighted by Gasteiger charge is 2.45. The van der Waals surface area contributed by atoms with E-state index in [4.69, 9.17) is 9.73 Å². The molecule has 2 aliphatic heterocycles. The lowest BCUT2D eigenvalue weighted by molar-refractivity contribution is -0.132. The van der Waals surface area contributed by atoms with Gasteiger partial charge in [-0.15, -0.1) is 0 Å². The van der Waals surface area contributed by atoms with E-state index in [1.165, 1.54) is 18.4 Å². The third-order valence-corrected chi connectivity index (χ3v) is 7.04. The van der Waals surface area contributed by atoms with Crippen LogP contribution in [-0.4, -0.2) is 47.9 Å². The van der Waals surface area contributed by atoms with Crippen molar-refractivity contribution < 1.29 is 9.53 Å². The van der Waals surface area contributed by atoms with Crippen LogP contribution in [0.1, 0.15) is 43.2 Å². The standard InChI is InChI=1S/C26H32N4O2/c1-19-8-2-7-13-23(19)32-17-24(31)30-15-14-26(18-30)25(28-21-10-4-5-11-21)29-22-12-6-3-9-20(22)16-27-26/h2-3,6-9,12-13,21,27H,4-5,10-11,14-18H2,1H3,(H,28,29)/t26-/m1/s1. The summed E-state index contributed by atoms with van der Waals surface area (Å²) in [7, 11) is 0. The van der Waals surface area contributed by atoms with Gasteiger partial charge in [0.15, 0.2) is 6.61 Å². The number of ether oxygens (including phenoxy) is 1. The predicted octanol–water partition coefficient (Wildman–Crippen LogP) is 3.90. The lowest BCUT2D eigenvalue weighted by Crippen LogP contribution is -2.56. The molecule has 1 spiro atoms. The molecule has 2 aromatic carbocycles. The summed E-state index contributed by atoms with van der Waals surface area (Å²) in [4.78, 5) is 20.1. The number of nitrogens with zero attached hydrogens (tertiary/aromatic N) is 2. The van der Waals surface area contributed by atoms with E-state index in [0.717, 1.165) is 48.6 Å². The van der Waals surface area contributed by atoms with Crippen molar-refractivity contribution in [2.45, 2.75) is 57.2 Å². The molecule has 1 saturated carbocycles. The fraction of sp³-hybridized carbons (Fsp3) is 0.462. The van der Waals surface area contributed by atoms with E-state index in [-0.39, 0.29) is 18.1 Å². The van der Waals surface area contributed by atoms with Gasteiger partial charge in [0.05, 0.1) is 11.6 Å². The molecule has 32 heavy (non-hydrogen) atoms. The SMILES string of the molecule is Cc1ccccc1OCC(=O)N1CC[C@]2(C1)NCc1ccccc1NC2=NC1CCCC1. The number of para-hydroxylation sites is 2. The van der Waals surface area contributed by atoms with Gasteiger partial charge in [-0.25, -0.2) is 0 Å². The highest BCUT2D eigenvalue weighted by molar-refractivity contribution is 6.04. The second-order valence-corrected chi connectivity index (χ2v) is 9.25. The van der Waals surface area contributed by atoms with Gasteiger partial charge in [0, 0.05) is 25.3 Å². The van der Waals surface area contributed by atoms with Crippen molar-refractivity contribution in [1.82, 2.24) is 10.2 Å². The summed E-state index contributed by atoms with van der Waals surface area (Å²) in [6.07, 6.45) is 5.64. The Morgan fingerprint density at radius 1 is 1.16 bits per heavy atom. The van der Waals surface area contributed by atoms with Gasteiger partial charge < -0.3 is 15.0 Å². The molecular weight excluding hydrogens is 400 g/mol. The van der Waals surface area contributed by atoms with Crippen LogP contribution in [0.15, 0.2) is 53.5 Å². The summed E-state index contributed by atoms with van der Waals surface area (Å²) in [5.74, 6) is 1.78.